The molecule has 0 radical (unpaired) electrons. The Labute approximate surface area is 116 Å². The average molecular weight is 283 g/mol. The van der Waals surface area contributed by atoms with Gasteiger partial charge in [0.15, 0.2) is 0 Å². The molecule has 19 heavy (non-hydrogen) atoms. The summed E-state index contributed by atoms with van der Waals surface area (Å²) in [5.41, 5.74) is 0.579. The maximum atomic E-state index is 11.8. The van der Waals surface area contributed by atoms with Crippen molar-refractivity contribution in [2.45, 2.75) is 25.3 Å². The topological polar surface area (TPSA) is 78.4 Å². The summed E-state index contributed by atoms with van der Waals surface area (Å²) in [6, 6.07) is 6.08. The Morgan fingerprint density at radius 3 is 2.79 bits per heavy atom. The van der Waals surface area contributed by atoms with Crippen LogP contribution < -0.4 is 10.6 Å². The molecule has 0 heterocycles. The van der Waals surface area contributed by atoms with E-state index in [1.165, 1.54) is 0 Å². The van der Waals surface area contributed by atoms with E-state index in [0.29, 0.717) is 23.6 Å². The van der Waals surface area contributed by atoms with Crippen molar-refractivity contribution < 1.29 is 14.7 Å². The van der Waals surface area contributed by atoms with E-state index in [0.717, 1.165) is 6.42 Å². The number of aliphatic carboxylic acids is 1. The van der Waals surface area contributed by atoms with Crippen molar-refractivity contribution in [1.82, 2.24) is 5.32 Å². The molecule has 1 aromatic rings. The van der Waals surface area contributed by atoms with Gasteiger partial charge < -0.3 is 15.7 Å². The van der Waals surface area contributed by atoms with E-state index in [4.69, 9.17) is 16.7 Å². The van der Waals surface area contributed by atoms with E-state index in [-0.39, 0.29) is 6.04 Å². The van der Waals surface area contributed by atoms with Crippen molar-refractivity contribution in [2.75, 3.05) is 5.32 Å². The molecule has 1 saturated carbocycles. The Hall–Kier alpha value is -1.75. The van der Waals surface area contributed by atoms with Crippen LogP contribution in [0.4, 0.5) is 10.5 Å². The van der Waals surface area contributed by atoms with Crippen LogP contribution in [0.5, 0.6) is 0 Å². The Kier molecular flexibility index (Phi) is 4.27. The first kappa shape index (κ1) is 13.7. The molecule has 102 valence electrons. The van der Waals surface area contributed by atoms with E-state index in [2.05, 4.69) is 10.6 Å². The fourth-order valence-corrected chi connectivity index (χ4v) is 2.52. The monoisotopic (exact) mass is 282 g/mol. The number of carbonyl (C=O) groups excluding carboxylic acids is 1. The van der Waals surface area contributed by atoms with E-state index in [9.17, 15) is 9.59 Å². The normalized spacial score (nSPS) is 21.9. The third-order valence-corrected chi connectivity index (χ3v) is 3.47. The van der Waals surface area contributed by atoms with Gasteiger partial charge in [-0.15, -0.1) is 0 Å². The first-order valence-electron chi connectivity index (χ1n) is 6.12. The molecule has 5 nitrogen and oxygen atoms in total. The number of amides is 2. The Balaban J connectivity index is 1.92. The fourth-order valence-electron chi connectivity index (χ4n) is 2.33. The van der Waals surface area contributed by atoms with Crippen molar-refractivity contribution >= 4 is 29.3 Å². The lowest BCUT2D eigenvalue weighted by molar-refractivity contribution is -0.142. The molecule has 1 aromatic carbocycles. The summed E-state index contributed by atoms with van der Waals surface area (Å²) in [5, 5.41) is 14.9. The lowest BCUT2D eigenvalue weighted by Crippen LogP contribution is -2.42. The largest absolute Gasteiger partial charge is 0.481 e. The molecule has 2 atom stereocenters. The summed E-state index contributed by atoms with van der Waals surface area (Å²) in [4.78, 5) is 22.8. The molecule has 0 saturated heterocycles. The van der Waals surface area contributed by atoms with E-state index in [1.54, 1.807) is 24.3 Å². The minimum atomic E-state index is -0.856. The van der Waals surface area contributed by atoms with E-state index < -0.39 is 17.9 Å². The highest BCUT2D eigenvalue weighted by atomic mass is 35.5. The molecule has 0 aliphatic heterocycles. The molecular weight excluding hydrogens is 268 g/mol. The van der Waals surface area contributed by atoms with Gasteiger partial charge in [0.1, 0.15) is 0 Å². The lowest BCUT2D eigenvalue weighted by atomic mass is 10.0. The zero-order chi connectivity index (χ0) is 13.8. The number of urea groups is 1. The molecule has 6 heteroatoms. The van der Waals surface area contributed by atoms with Crippen molar-refractivity contribution in [3.63, 3.8) is 0 Å². The second-order valence-electron chi connectivity index (χ2n) is 4.59. The number of hydrogen-bond acceptors (Lipinski definition) is 2. The van der Waals surface area contributed by atoms with Gasteiger partial charge in [0.05, 0.1) is 5.92 Å². The lowest BCUT2D eigenvalue weighted by Gasteiger charge is -2.18. The molecule has 1 fully saturated rings. The molecule has 0 bridgehead atoms. The van der Waals surface area contributed by atoms with Gasteiger partial charge in [-0.05, 0) is 31.0 Å². The quantitative estimate of drug-likeness (QED) is 0.797. The zero-order valence-corrected chi connectivity index (χ0v) is 11.0. The van der Waals surface area contributed by atoms with Crippen LogP contribution in [0.1, 0.15) is 19.3 Å². The second-order valence-corrected chi connectivity index (χ2v) is 5.03. The summed E-state index contributed by atoms with van der Waals surface area (Å²) < 4.78 is 0. The van der Waals surface area contributed by atoms with Gasteiger partial charge in [-0.2, -0.15) is 0 Å². The summed E-state index contributed by atoms with van der Waals surface area (Å²) in [5.74, 6) is -1.35. The number of anilines is 1. The number of benzene rings is 1. The number of halogens is 1. The second kappa shape index (κ2) is 5.93. The van der Waals surface area contributed by atoms with Crippen LogP contribution in [0.3, 0.4) is 0 Å². The number of carbonyl (C=O) groups is 2. The molecule has 3 N–H and O–H groups in total. The summed E-state index contributed by atoms with van der Waals surface area (Å²) in [6.45, 7) is 0. The third kappa shape index (κ3) is 3.61. The molecular formula is C13H15ClN2O3. The van der Waals surface area contributed by atoms with Gasteiger partial charge in [0.2, 0.25) is 0 Å². The van der Waals surface area contributed by atoms with Crippen LogP contribution in [0.15, 0.2) is 24.3 Å². The van der Waals surface area contributed by atoms with Crippen molar-refractivity contribution in [3.8, 4) is 0 Å². The zero-order valence-electron chi connectivity index (χ0n) is 10.2. The highest BCUT2D eigenvalue weighted by molar-refractivity contribution is 6.30. The van der Waals surface area contributed by atoms with Crippen LogP contribution in [0.2, 0.25) is 5.02 Å². The molecule has 2 unspecified atom stereocenters. The summed E-state index contributed by atoms with van der Waals surface area (Å²) in [6.07, 6.45) is 2.12. The SMILES string of the molecule is O=C(Nc1cccc(Cl)c1)NC1CCCC1C(=O)O. The van der Waals surface area contributed by atoms with Crippen LogP contribution in [0.25, 0.3) is 0 Å². The molecule has 1 aliphatic rings. The number of carboxylic acid groups (broad SMARTS) is 1. The standard InChI is InChI=1S/C13H15ClN2O3/c14-8-3-1-4-9(7-8)15-13(19)16-11-6-2-5-10(11)12(17)18/h1,3-4,7,10-11H,2,5-6H2,(H,17,18)(H2,15,16,19). The summed E-state index contributed by atoms with van der Waals surface area (Å²) >= 11 is 5.81. The summed E-state index contributed by atoms with van der Waals surface area (Å²) in [7, 11) is 0. The number of hydrogen-bond donors (Lipinski definition) is 3. The fraction of sp³-hybridized carbons (Fsp3) is 0.385. The first-order chi connectivity index (χ1) is 9.06. The number of carboxylic acids is 1. The van der Waals surface area contributed by atoms with Gasteiger partial charge in [-0.25, -0.2) is 4.79 Å². The molecule has 2 amide bonds. The van der Waals surface area contributed by atoms with Crippen LogP contribution >= 0.6 is 11.6 Å². The maximum Gasteiger partial charge on any atom is 0.319 e. The Morgan fingerprint density at radius 2 is 2.11 bits per heavy atom. The van der Waals surface area contributed by atoms with Gasteiger partial charge in [0, 0.05) is 16.8 Å². The van der Waals surface area contributed by atoms with E-state index >= 15 is 0 Å². The van der Waals surface area contributed by atoms with Gasteiger partial charge >= 0.3 is 12.0 Å². The number of nitrogens with one attached hydrogen (secondary N) is 2. The maximum absolute atomic E-state index is 11.8. The molecule has 0 spiro atoms. The predicted molar refractivity (Wildman–Crippen MR) is 72.4 cm³/mol. The van der Waals surface area contributed by atoms with Gasteiger partial charge in [-0.1, -0.05) is 24.1 Å². The Bertz CT molecular complexity index is 493. The third-order valence-electron chi connectivity index (χ3n) is 3.23. The highest BCUT2D eigenvalue weighted by Gasteiger charge is 2.33. The van der Waals surface area contributed by atoms with Crippen molar-refractivity contribution in [3.05, 3.63) is 29.3 Å². The van der Waals surface area contributed by atoms with Gasteiger partial charge in [-0.3, -0.25) is 4.79 Å². The average Bonchev–Trinajstić information content (AvgIpc) is 2.76. The molecule has 2 rings (SSSR count). The van der Waals surface area contributed by atoms with Crippen molar-refractivity contribution in [1.29, 1.82) is 0 Å². The predicted octanol–water partition coefficient (Wildman–Crippen LogP) is 2.71. The van der Waals surface area contributed by atoms with Crippen LogP contribution in [-0.2, 0) is 4.79 Å². The molecule has 0 aromatic heterocycles. The minimum absolute atomic E-state index is 0.309. The highest BCUT2D eigenvalue weighted by Crippen LogP contribution is 2.26. The first-order valence-corrected chi connectivity index (χ1v) is 6.50. The Morgan fingerprint density at radius 1 is 1.32 bits per heavy atom. The van der Waals surface area contributed by atoms with Gasteiger partial charge in [0.25, 0.3) is 0 Å². The van der Waals surface area contributed by atoms with Crippen LogP contribution in [0, 0.1) is 5.92 Å². The number of rotatable bonds is 3. The molecule has 1 aliphatic carbocycles. The van der Waals surface area contributed by atoms with E-state index in [1.807, 2.05) is 0 Å². The smallest absolute Gasteiger partial charge is 0.319 e. The van der Waals surface area contributed by atoms with Crippen LogP contribution in [-0.4, -0.2) is 23.1 Å². The minimum Gasteiger partial charge on any atom is -0.481 e. The van der Waals surface area contributed by atoms with Crippen molar-refractivity contribution in [2.24, 2.45) is 5.92 Å².